The smallest absolute Gasteiger partial charge is 0.243 e. The molecule has 0 aromatic heterocycles. The van der Waals surface area contributed by atoms with E-state index in [4.69, 9.17) is 0 Å². The van der Waals surface area contributed by atoms with Crippen LogP contribution in [-0.2, 0) is 32.6 Å². The van der Waals surface area contributed by atoms with Crippen molar-refractivity contribution in [1.82, 2.24) is 10.2 Å². The molecular weight excluding hydrogens is 553 g/mol. The molecule has 42 heavy (non-hydrogen) atoms. The lowest BCUT2D eigenvalue weighted by atomic mass is 10.00. The number of benzene rings is 3. The number of carbonyl (C=O) groups excluding carboxylic acids is 2. The van der Waals surface area contributed by atoms with Crippen molar-refractivity contribution in [3.05, 3.63) is 101 Å². The van der Waals surface area contributed by atoms with Gasteiger partial charge < -0.3 is 10.2 Å². The third-order valence-corrected chi connectivity index (χ3v) is 8.16. The number of amides is 2. The monoisotopic (exact) mass is 595 g/mol. The minimum Gasteiger partial charge on any atom is -0.350 e. The van der Waals surface area contributed by atoms with Crippen LogP contribution in [0.2, 0.25) is 0 Å². The van der Waals surface area contributed by atoms with Gasteiger partial charge in [-0.3, -0.25) is 13.9 Å². The molecule has 0 saturated carbocycles. The molecule has 0 saturated heterocycles. The Morgan fingerprint density at radius 3 is 2.12 bits per heavy atom. The van der Waals surface area contributed by atoms with Gasteiger partial charge in [0.05, 0.1) is 11.9 Å². The van der Waals surface area contributed by atoms with E-state index in [1.807, 2.05) is 77.1 Å². The topological polar surface area (TPSA) is 86.8 Å². The Bertz CT molecular complexity index is 1470. The molecule has 2 amide bonds. The summed E-state index contributed by atoms with van der Waals surface area (Å²) in [5, 5.41) is 3.01. The van der Waals surface area contributed by atoms with Gasteiger partial charge in [-0.25, -0.2) is 12.8 Å². The highest BCUT2D eigenvalue weighted by Gasteiger charge is 2.32. The zero-order valence-electron chi connectivity index (χ0n) is 25.4. The van der Waals surface area contributed by atoms with E-state index in [2.05, 4.69) is 5.32 Å². The van der Waals surface area contributed by atoms with Gasteiger partial charge in [-0.05, 0) is 87.6 Å². The minimum atomic E-state index is -3.60. The maximum atomic E-state index is 13.9. The first kappa shape index (κ1) is 32.8. The van der Waals surface area contributed by atoms with Gasteiger partial charge in [0.15, 0.2) is 0 Å². The number of nitrogens with one attached hydrogen (secondary N) is 1. The molecule has 226 valence electrons. The standard InChI is InChI=1S/C33H42FN3O4S/c1-24-14-19-29(21-25(24)2)37(42(6,40)41)20-10-13-31(38)36(23-27-15-17-28(34)18-16-27)30(32(39)35-33(3,4)5)22-26-11-8-7-9-12-26/h7-9,11-12,14-19,21,30H,10,13,20,22-23H2,1-6H3,(H,35,39)/t30-/m0/s1. The maximum Gasteiger partial charge on any atom is 0.243 e. The minimum absolute atomic E-state index is 0.0200. The van der Waals surface area contributed by atoms with Crippen molar-refractivity contribution >= 4 is 27.5 Å². The number of halogens is 1. The zero-order chi connectivity index (χ0) is 31.1. The molecule has 0 radical (unpaired) electrons. The second-order valence-electron chi connectivity index (χ2n) is 11.8. The first-order valence-electron chi connectivity index (χ1n) is 14.1. The summed E-state index contributed by atoms with van der Waals surface area (Å²) in [7, 11) is -3.60. The van der Waals surface area contributed by atoms with Crippen molar-refractivity contribution in [3.8, 4) is 0 Å². The Morgan fingerprint density at radius 1 is 0.905 bits per heavy atom. The molecule has 0 bridgehead atoms. The van der Waals surface area contributed by atoms with Crippen molar-refractivity contribution in [3.63, 3.8) is 0 Å². The Kier molecular flexibility index (Phi) is 10.9. The number of nitrogens with zero attached hydrogens (tertiary/aromatic N) is 2. The van der Waals surface area contributed by atoms with Crippen molar-refractivity contribution in [2.24, 2.45) is 0 Å². The number of hydrogen-bond donors (Lipinski definition) is 1. The molecule has 0 unspecified atom stereocenters. The molecule has 3 aromatic rings. The van der Waals surface area contributed by atoms with Gasteiger partial charge in [0.1, 0.15) is 11.9 Å². The molecule has 1 atom stereocenters. The SMILES string of the molecule is Cc1ccc(N(CCCC(=O)N(Cc2ccc(F)cc2)[C@@H](Cc2ccccc2)C(=O)NC(C)(C)C)S(C)(=O)=O)cc1C. The number of hydrogen-bond acceptors (Lipinski definition) is 4. The molecule has 0 aliphatic rings. The average Bonchev–Trinajstić information content (AvgIpc) is 2.90. The quantitative estimate of drug-likeness (QED) is 0.298. The number of anilines is 1. The van der Waals surface area contributed by atoms with Crippen LogP contribution in [0.1, 0.15) is 55.9 Å². The third kappa shape index (κ3) is 9.69. The maximum absolute atomic E-state index is 13.9. The molecule has 9 heteroatoms. The average molecular weight is 596 g/mol. The fourth-order valence-corrected chi connectivity index (χ4v) is 5.64. The van der Waals surface area contributed by atoms with Crippen molar-refractivity contribution < 1.29 is 22.4 Å². The van der Waals surface area contributed by atoms with Gasteiger partial charge in [0.2, 0.25) is 21.8 Å². The predicted octanol–water partition coefficient (Wildman–Crippen LogP) is 5.54. The third-order valence-electron chi connectivity index (χ3n) is 6.97. The zero-order valence-corrected chi connectivity index (χ0v) is 26.2. The Balaban J connectivity index is 1.90. The lowest BCUT2D eigenvalue weighted by molar-refractivity contribution is -0.142. The summed E-state index contributed by atoms with van der Waals surface area (Å²) >= 11 is 0. The van der Waals surface area contributed by atoms with Crippen molar-refractivity contribution in [2.75, 3.05) is 17.1 Å². The highest BCUT2D eigenvalue weighted by molar-refractivity contribution is 7.92. The molecule has 0 heterocycles. The molecular formula is C33H42FN3O4S. The summed E-state index contributed by atoms with van der Waals surface area (Å²) in [5.41, 5.74) is 3.61. The van der Waals surface area contributed by atoms with Gasteiger partial charge in [-0.2, -0.15) is 0 Å². The van der Waals surface area contributed by atoms with Crippen LogP contribution in [0, 0.1) is 19.7 Å². The number of sulfonamides is 1. The lowest BCUT2D eigenvalue weighted by Gasteiger charge is -2.34. The first-order valence-corrected chi connectivity index (χ1v) is 15.9. The van der Waals surface area contributed by atoms with E-state index < -0.39 is 27.4 Å². The van der Waals surface area contributed by atoms with Gasteiger partial charge in [0, 0.05) is 31.5 Å². The lowest BCUT2D eigenvalue weighted by Crippen LogP contribution is -2.54. The second-order valence-corrected chi connectivity index (χ2v) is 13.7. The summed E-state index contributed by atoms with van der Waals surface area (Å²) in [4.78, 5) is 29.1. The summed E-state index contributed by atoms with van der Waals surface area (Å²) in [5.74, 6) is -0.984. The second kappa shape index (κ2) is 14.0. The highest BCUT2D eigenvalue weighted by Crippen LogP contribution is 2.23. The molecule has 0 aliphatic carbocycles. The first-order chi connectivity index (χ1) is 19.6. The van der Waals surface area contributed by atoms with Crippen molar-refractivity contribution in [1.29, 1.82) is 0 Å². The summed E-state index contributed by atoms with van der Waals surface area (Å²) < 4.78 is 40.4. The van der Waals surface area contributed by atoms with Gasteiger partial charge >= 0.3 is 0 Å². The molecule has 7 nitrogen and oxygen atoms in total. The summed E-state index contributed by atoms with van der Waals surface area (Å²) in [6.45, 7) is 9.72. The van der Waals surface area contributed by atoms with Gasteiger partial charge in [-0.1, -0.05) is 48.5 Å². The Hall–Kier alpha value is -3.72. The van der Waals surface area contributed by atoms with Crippen LogP contribution in [-0.4, -0.2) is 49.5 Å². The van der Waals surface area contributed by atoms with Gasteiger partial charge in [-0.15, -0.1) is 0 Å². The summed E-state index contributed by atoms with van der Waals surface area (Å²) in [6, 6.07) is 19.9. The Labute approximate surface area is 249 Å². The largest absolute Gasteiger partial charge is 0.350 e. The molecule has 3 rings (SSSR count). The molecule has 0 spiro atoms. The van der Waals surface area contributed by atoms with Crippen LogP contribution < -0.4 is 9.62 Å². The number of aryl methyl sites for hydroxylation is 2. The van der Waals surface area contributed by atoms with Crippen LogP contribution in [0.3, 0.4) is 0 Å². The van der Waals surface area contributed by atoms with Gasteiger partial charge in [0.25, 0.3) is 0 Å². The number of rotatable bonds is 12. The molecule has 3 aromatic carbocycles. The highest BCUT2D eigenvalue weighted by atomic mass is 32.2. The fraction of sp³-hybridized carbons (Fsp3) is 0.394. The van der Waals surface area contributed by atoms with E-state index in [0.29, 0.717) is 11.3 Å². The normalized spacial score (nSPS) is 12.5. The van der Waals surface area contributed by atoms with E-state index in [0.717, 1.165) is 22.9 Å². The van der Waals surface area contributed by atoms with E-state index >= 15 is 0 Å². The number of carbonyl (C=O) groups is 2. The van der Waals surface area contributed by atoms with E-state index in [1.165, 1.54) is 21.3 Å². The molecule has 0 aliphatic heterocycles. The van der Waals surface area contributed by atoms with E-state index in [-0.39, 0.29) is 44.2 Å². The van der Waals surface area contributed by atoms with E-state index in [9.17, 15) is 22.4 Å². The van der Waals surface area contributed by atoms with Crippen LogP contribution in [0.15, 0.2) is 72.8 Å². The Morgan fingerprint density at radius 2 is 1.55 bits per heavy atom. The van der Waals surface area contributed by atoms with Crippen LogP contribution in [0.25, 0.3) is 0 Å². The molecule has 1 N–H and O–H groups in total. The van der Waals surface area contributed by atoms with Crippen LogP contribution >= 0.6 is 0 Å². The molecule has 0 fully saturated rings. The summed E-state index contributed by atoms with van der Waals surface area (Å²) in [6.07, 6.45) is 1.70. The van der Waals surface area contributed by atoms with Crippen molar-refractivity contribution in [2.45, 2.75) is 72.0 Å². The van der Waals surface area contributed by atoms with Crippen LogP contribution in [0.4, 0.5) is 10.1 Å². The van der Waals surface area contributed by atoms with E-state index in [1.54, 1.807) is 18.2 Å². The fourth-order valence-electron chi connectivity index (χ4n) is 4.68. The predicted molar refractivity (Wildman–Crippen MR) is 166 cm³/mol. The van der Waals surface area contributed by atoms with Crippen LogP contribution in [0.5, 0.6) is 0 Å².